The quantitative estimate of drug-likeness (QED) is 0.533. The number of allylic oxidation sites excluding steroid dienone is 3. The fourth-order valence-corrected chi connectivity index (χ4v) is 2.62. The van der Waals surface area contributed by atoms with Crippen LogP contribution in [-0.4, -0.2) is 5.60 Å². The highest BCUT2D eigenvalue weighted by atomic mass is 16.5. The molecule has 0 saturated carbocycles. The zero-order valence-corrected chi connectivity index (χ0v) is 13.9. The second-order valence-electron chi connectivity index (χ2n) is 5.99. The van der Waals surface area contributed by atoms with Crippen molar-refractivity contribution in [2.24, 2.45) is 0 Å². The maximum Gasteiger partial charge on any atom is 0.149 e. The van der Waals surface area contributed by atoms with Crippen molar-refractivity contribution in [3.8, 4) is 5.75 Å². The van der Waals surface area contributed by atoms with Crippen molar-refractivity contribution in [1.82, 2.24) is 0 Å². The lowest BCUT2D eigenvalue weighted by molar-refractivity contribution is 0.173. The molecule has 1 unspecified atom stereocenters. The summed E-state index contributed by atoms with van der Waals surface area (Å²) >= 11 is 0. The number of ether oxygens (including phenoxy) is 1. The van der Waals surface area contributed by atoms with Gasteiger partial charge in [0.2, 0.25) is 0 Å². The number of hydrogen-bond acceptors (Lipinski definition) is 1. The number of aryl methyl sites for hydroxylation is 1. The third-order valence-corrected chi connectivity index (χ3v) is 3.97. The molecule has 0 heterocycles. The fraction of sp³-hybridized carbons (Fsp3) is 0.429. The van der Waals surface area contributed by atoms with E-state index in [0.29, 0.717) is 0 Å². The fourth-order valence-electron chi connectivity index (χ4n) is 2.62. The van der Waals surface area contributed by atoms with Crippen molar-refractivity contribution in [2.75, 3.05) is 0 Å². The molecule has 0 amide bonds. The first-order valence-electron chi connectivity index (χ1n) is 8.58. The van der Waals surface area contributed by atoms with Gasteiger partial charge in [-0.2, -0.15) is 0 Å². The van der Waals surface area contributed by atoms with Crippen LogP contribution in [0.25, 0.3) is 0 Å². The average molecular weight is 296 g/mol. The van der Waals surface area contributed by atoms with Gasteiger partial charge in [-0.05, 0) is 49.1 Å². The van der Waals surface area contributed by atoms with E-state index in [1.165, 1.54) is 18.4 Å². The number of hydrogen-bond donors (Lipinski definition) is 0. The highest BCUT2D eigenvalue weighted by Gasteiger charge is 2.25. The molecule has 1 nitrogen and oxygen atoms in total. The summed E-state index contributed by atoms with van der Waals surface area (Å²) in [5.41, 5.74) is 1.07. The number of benzene rings is 1. The van der Waals surface area contributed by atoms with Crippen LogP contribution in [0.5, 0.6) is 5.75 Å². The smallest absolute Gasteiger partial charge is 0.149 e. The van der Waals surface area contributed by atoms with Gasteiger partial charge in [0.25, 0.3) is 0 Å². The third kappa shape index (κ3) is 4.91. The van der Waals surface area contributed by atoms with Gasteiger partial charge in [0.15, 0.2) is 0 Å². The van der Waals surface area contributed by atoms with Gasteiger partial charge in [0, 0.05) is 6.42 Å². The largest absolute Gasteiger partial charge is 0.479 e. The van der Waals surface area contributed by atoms with E-state index < -0.39 is 0 Å². The topological polar surface area (TPSA) is 9.23 Å². The predicted molar refractivity (Wildman–Crippen MR) is 95.4 cm³/mol. The van der Waals surface area contributed by atoms with Gasteiger partial charge >= 0.3 is 0 Å². The Morgan fingerprint density at radius 3 is 2.55 bits per heavy atom. The maximum absolute atomic E-state index is 6.32. The molecule has 1 aliphatic carbocycles. The van der Waals surface area contributed by atoms with Crippen molar-refractivity contribution >= 4 is 0 Å². The van der Waals surface area contributed by atoms with Crippen molar-refractivity contribution in [1.29, 1.82) is 0 Å². The second kappa shape index (κ2) is 8.63. The maximum atomic E-state index is 6.32. The van der Waals surface area contributed by atoms with E-state index in [1.54, 1.807) is 0 Å². The molecule has 1 aromatic carbocycles. The first-order chi connectivity index (χ1) is 10.8. The molecule has 0 N–H and O–H groups in total. The lowest BCUT2D eigenvalue weighted by Gasteiger charge is -2.29. The van der Waals surface area contributed by atoms with Crippen molar-refractivity contribution in [2.45, 2.75) is 58.0 Å². The Balaban J connectivity index is 2.07. The molecule has 1 heteroatoms. The molecule has 0 aliphatic heterocycles. The highest BCUT2D eigenvalue weighted by molar-refractivity contribution is 5.32. The summed E-state index contributed by atoms with van der Waals surface area (Å²) in [6, 6.07) is 8.59. The van der Waals surface area contributed by atoms with Crippen LogP contribution in [0.4, 0.5) is 0 Å². The Morgan fingerprint density at radius 1 is 1.09 bits per heavy atom. The Hall–Kier alpha value is -1.76. The standard InChI is InChI=1S/C21H28O/c1-3-5-8-16-21(17-9-7-10-18-21)22-20-14-12-19(13-15-20)11-6-4-2/h7-10,12-17H,3-6,11,18H2,1-2H3. The van der Waals surface area contributed by atoms with Crippen LogP contribution in [-0.2, 0) is 6.42 Å². The summed E-state index contributed by atoms with van der Waals surface area (Å²) in [6.07, 6.45) is 19.7. The summed E-state index contributed by atoms with van der Waals surface area (Å²) in [7, 11) is 0. The van der Waals surface area contributed by atoms with Gasteiger partial charge in [-0.15, -0.1) is 0 Å². The molecule has 0 saturated heterocycles. The van der Waals surface area contributed by atoms with Crippen LogP contribution in [0.3, 0.4) is 0 Å². The molecule has 0 spiro atoms. The first-order valence-corrected chi connectivity index (χ1v) is 8.58. The Kier molecular flexibility index (Phi) is 6.51. The van der Waals surface area contributed by atoms with E-state index in [0.717, 1.165) is 31.4 Å². The van der Waals surface area contributed by atoms with Crippen LogP contribution in [0.2, 0.25) is 0 Å². The summed E-state index contributed by atoms with van der Waals surface area (Å²) in [4.78, 5) is 0. The minimum Gasteiger partial charge on any atom is -0.479 e. The molecule has 0 aromatic heterocycles. The zero-order chi connectivity index (χ0) is 15.7. The van der Waals surface area contributed by atoms with Gasteiger partial charge in [-0.3, -0.25) is 0 Å². The molecular weight excluding hydrogens is 268 g/mol. The van der Waals surface area contributed by atoms with Gasteiger partial charge in [0.05, 0.1) is 0 Å². The lowest BCUT2D eigenvalue weighted by Crippen LogP contribution is -2.31. The molecule has 118 valence electrons. The second-order valence-corrected chi connectivity index (χ2v) is 5.99. The highest BCUT2D eigenvalue weighted by Crippen LogP contribution is 2.28. The molecular formula is C21H28O. The van der Waals surface area contributed by atoms with Crippen LogP contribution in [0, 0.1) is 0 Å². The number of rotatable bonds is 8. The molecule has 1 atom stereocenters. The monoisotopic (exact) mass is 296 g/mol. The molecule has 0 fully saturated rings. The molecule has 1 aliphatic rings. The Morgan fingerprint density at radius 2 is 1.91 bits per heavy atom. The normalized spacial score (nSPS) is 20.6. The van der Waals surface area contributed by atoms with E-state index in [-0.39, 0.29) is 5.60 Å². The Labute approximate surface area is 135 Å². The first kappa shape index (κ1) is 16.6. The van der Waals surface area contributed by atoms with Crippen molar-refractivity contribution in [3.05, 3.63) is 66.3 Å². The summed E-state index contributed by atoms with van der Waals surface area (Å²) in [5, 5.41) is 0. The summed E-state index contributed by atoms with van der Waals surface area (Å²) in [6.45, 7) is 4.43. The average Bonchev–Trinajstić information content (AvgIpc) is 2.55. The predicted octanol–water partition coefficient (Wildman–Crippen LogP) is 6.02. The van der Waals surface area contributed by atoms with Gasteiger partial charge in [-0.1, -0.05) is 63.1 Å². The van der Waals surface area contributed by atoms with Crippen LogP contribution >= 0.6 is 0 Å². The SMILES string of the molecule is CCCC=CC1(Oc2ccc(CCCC)cc2)C=CC=CC1. The lowest BCUT2D eigenvalue weighted by atomic mass is 9.94. The van der Waals surface area contributed by atoms with Crippen molar-refractivity contribution < 1.29 is 4.74 Å². The summed E-state index contributed by atoms with van der Waals surface area (Å²) in [5.74, 6) is 0.946. The van der Waals surface area contributed by atoms with Gasteiger partial charge in [-0.25, -0.2) is 0 Å². The molecule has 0 bridgehead atoms. The van der Waals surface area contributed by atoms with Gasteiger partial charge < -0.3 is 4.74 Å². The third-order valence-electron chi connectivity index (χ3n) is 3.97. The number of unbranched alkanes of at least 4 members (excludes halogenated alkanes) is 2. The summed E-state index contributed by atoms with van der Waals surface area (Å²) < 4.78 is 6.32. The van der Waals surface area contributed by atoms with E-state index in [9.17, 15) is 0 Å². The minimum absolute atomic E-state index is 0.325. The van der Waals surface area contributed by atoms with E-state index >= 15 is 0 Å². The molecule has 0 radical (unpaired) electrons. The van der Waals surface area contributed by atoms with Crippen LogP contribution in [0.15, 0.2) is 60.7 Å². The molecule has 22 heavy (non-hydrogen) atoms. The zero-order valence-electron chi connectivity index (χ0n) is 13.9. The van der Waals surface area contributed by atoms with Gasteiger partial charge in [0.1, 0.15) is 11.4 Å². The molecule has 1 aromatic rings. The van der Waals surface area contributed by atoms with Crippen molar-refractivity contribution in [3.63, 3.8) is 0 Å². The Bertz CT molecular complexity index is 521. The van der Waals surface area contributed by atoms with E-state index in [4.69, 9.17) is 4.74 Å². The van der Waals surface area contributed by atoms with E-state index in [1.807, 2.05) is 0 Å². The van der Waals surface area contributed by atoms with E-state index in [2.05, 4.69) is 74.6 Å². The minimum atomic E-state index is -0.325. The molecule has 2 rings (SSSR count). The van der Waals surface area contributed by atoms with Crippen LogP contribution < -0.4 is 4.74 Å². The van der Waals surface area contributed by atoms with Crippen LogP contribution in [0.1, 0.15) is 51.5 Å².